The molecule has 1 heterocycles. The van der Waals surface area contributed by atoms with E-state index in [0.717, 1.165) is 12.8 Å². The van der Waals surface area contributed by atoms with Gasteiger partial charge in [-0.3, -0.25) is 4.79 Å². The summed E-state index contributed by atoms with van der Waals surface area (Å²) in [4.78, 5) is 10.8. The fourth-order valence-electron chi connectivity index (χ4n) is 0.950. The van der Waals surface area contributed by atoms with Gasteiger partial charge in [-0.25, -0.2) is 0 Å². The van der Waals surface area contributed by atoms with Gasteiger partial charge >= 0.3 is 0 Å². The molecule has 0 aromatic rings. The molecule has 0 radical (unpaired) electrons. The predicted octanol–water partition coefficient (Wildman–Crippen LogP) is 0.583. The Labute approximate surface area is 60.4 Å². The lowest BCUT2D eigenvalue weighted by atomic mass is 10.1. The van der Waals surface area contributed by atoms with Crippen LogP contribution in [0.2, 0.25) is 0 Å². The van der Waals surface area contributed by atoms with Gasteiger partial charge in [-0.15, -0.1) is 0 Å². The fraction of sp³-hybridized carbons (Fsp3) is 0.833. The average molecular weight is 145 g/mol. The number of hydrogen-bond donors (Lipinski definition) is 2. The molecule has 1 aliphatic rings. The number of piperidine rings is 1. The van der Waals surface area contributed by atoms with Gasteiger partial charge in [0.25, 0.3) is 0 Å². The first kappa shape index (κ1) is 6.93. The van der Waals surface area contributed by atoms with E-state index < -0.39 is 0 Å². The molecule has 2 atom stereocenters. The lowest BCUT2D eigenvalue weighted by Gasteiger charge is -2.23. The molecule has 3 heteroatoms. The van der Waals surface area contributed by atoms with Gasteiger partial charge in [-0.05, 0) is 19.8 Å². The molecule has 1 N–H and O–H groups in total. The number of thiol groups is 1. The summed E-state index contributed by atoms with van der Waals surface area (Å²) < 4.78 is 0. The minimum absolute atomic E-state index is 0.0683. The van der Waals surface area contributed by atoms with Gasteiger partial charge in [0.05, 0.1) is 5.25 Å². The van der Waals surface area contributed by atoms with Crippen molar-refractivity contribution in [1.29, 1.82) is 0 Å². The highest BCUT2D eigenvalue weighted by Gasteiger charge is 2.21. The van der Waals surface area contributed by atoms with Crippen molar-refractivity contribution in [1.82, 2.24) is 5.32 Å². The van der Waals surface area contributed by atoms with Gasteiger partial charge in [-0.2, -0.15) is 12.6 Å². The van der Waals surface area contributed by atoms with Crippen molar-refractivity contribution in [3.8, 4) is 0 Å². The van der Waals surface area contributed by atoms with E-state index in [1.165, 1.54) is 0 Å². The van der Waals surface area contributed by atoms with Crippen LogP contribution < -0.4 is 5.32 Å². The Balaban J connectivity index is 2.44. The Hall–Kier alpha value is -0.180. The smallest absolute Gasteiger partial charge is 0.233 e. The van der Waals surface area contributed by atoms with Crippen LogP contribution in [-0.4, -0.2) is 17.2 Å². The van der Waals surface area contributed by atoms with E-state index in [0.29, 0.717) is 6.04 Å². The third kappa shape index (κ3) is 1.61. The minimum Gasteiger partial charge on any atom is -0.353 e. The van der Waals surface area contributed by atoms with Crippen molar-refractivity contribution < 1.29 is 4.79 Å². The summed E-state index contributed by atoms with van der Waals surface area (Å²) in [6.07, 6.45) is 1.97. The van der Waals surface area contributed by atoms with E-state index in [9.17, 15) is 4.79 Å². The highest BCUT2D eigenvalue weighted by atomic mass is 32.1. The van der Waals surface area contributed by atoms with Crippen LogP contribution in [0.5, 0.6) is 0 Å². The van der Waals surface area contributed by atoms with Crippen LogP contribution in [0.15, 0.2) is 0 Å². The molecule has 0 aromatic carbocycles. The Bertz CT molecular complexity index is 126. The molecule has 0 saturated carbocycles. The predicted molar refractivity (Wildman–Crippen MR) is 39.6 cm³/mol. The third-order valence-electron chi connectivity index (χ3n) is 1.56. The second kappa shape index (κ2) is 2.60. The second-order valence-corrected chi connectivity index (χ2v) is 3.13. The maximum atomic E-state index is 10.8. The van der Waals surface area contributed by atoms with E-state index in [4.69, 9.17) is 0 Å². The van der Waals surface area contributed by atoms with Crippen LogP contribution in [0, 0.1) is 0 Å². The number of rotatable bonds is 0. The number of carbonyl (C=O) groups is 1. The quantitative estimate of drug-likeness (QED) is 0.480. The van der Waals surface area contributed by atoms with Crippen molar-refractivity contribution >= 4 is 18.5 Å². The molecule has 52 valence electrons. The van der Waals surface area contributed by atoms with Gasteiger partial charge in [0, 0.05) is 6.04 Å². The minimum atomic E-state index is -0.0683. The Morgan fingerprint density at radius 1 is 1.67 bits per heavy atom. The highest BCUT2D eigenvalue weighted by Crippen LogP contribution is 2.12. The number of amides is 1. The third-order valence-corrected chi connectivity index (χ3v) is 2.06. The van der Waals surface area contributed by atoms with Crippen molar-refractivity contribution in [2.45, 2.75) is 31.1 Å². The van der Waals surface area contributed by atoms with Crippen molar-refractivity contribution in [3.63, 3.8) is 0 Å². The molecule has 1 rings (SSSR count). The van der Waals surface area contributed by atoms with E-state index in [1.807, 2.05) is 6.92 Å². The van der Waals surface area contributed by atoms with Crippen LogP contribution in [0.1, 0.15) is 19.8 Å². The summed E-state index contributed by atoms with van der Waals surface area (Å²) in [6.45, 7) is 2.01. The van der Waals surface area contributed by atoms with Gasteiger partial charge in [0.1, 0.15) is 0 Å². The second-order valence-electron chi connectivity index (χ2n) is 2.50. The van der Waals surface area contributed by atoms with Crippen LogP contribution in [0.4, 0.5) is 0 Å². The molecule has 1 fully saturated rings. The Morgan fingerprint density at radius 3 is 2.78 bits per heavy atom. The SMILES string of the molecule is CC1CCC(S)C(=O)N1. The van der Waals surface area contributed by atoms with E-state index >= 15 is 0 Å². The Kier molecular flexibility index (Phi) is 2.01. The molecular weight excluding hydrogens is 134 g/mol. The lowest BCUT2D eigenvalue weighted by Crippen LogP contribution is -2.42. The summed E-state index contributed by atoms with van der Waals surface area (Å²) in [5, 5.41) is 2.75. The molecule has 2 unspecified atom stereocenters. The normalized spacial score (nSPS) is 36.0. The average Bonchev–Trinajstić information content (AvgIpc) is 1.80. The van der Waals surface area contributed by atoms with Gasteiger partial charge in [0.2, 0.25) is 5.91 Å². The summed E-state index contributed by atoms with van der Waals surface area (Å²) in [5.41, 5.74) is 0. The first-order chi connectivity index (χ1) is 4.20. The molecule has 0 bridgehead atoms. The van der Waals surface area contributed by atoms with Crippen LogP contribution in [-0.2, 0) is 4.79 Å². The highest BCUT2D eigenvalue weighted by molar-refractivity contribution is 7.81. The summed E-state index contributed by atoms with van der Waals surface area (Å²) in [6, 6.07) is 0.348. The molecule has 1 aliphatic heterocycles. The van der Waals surface area contributed by atoms with Gasteiger partial charge < -0.3 is 5.32 Å². The van der Waals surface area contributed by atoms with Gasteiger partial charge in [-0.1, -0.05) is 0 Å². The maximum absolute atomic E-state index is 10.8. The number of hydrogen-bond acceptors (Lipinski definition) is 2. The topological polar surface area (TPSA) is 29.1 Å². The molecular formula is C6H11NOS. The van der Waals surface area contributed by atoms with Crippen LogP contribution in [0.3, 0.4) is 0 Å². The molecule has 1 amide bonds. The van der Waals surface area contributed by atoms with Crippen molar-refractivity contribution in [2.75, 3.05) is 0 Å². The molecule has 0 aromatic heterocycles. The van der Waals surface area contributed by atoms with Crippen molar-refractivity contribution in [3.05, 3.63) is 0 Å². The summed E-state index contributed by atoms with van der Waals surface area (Å²) >= 11 is 4.08. The largest absolute Gasteiger partial charge is 0.353 e. The molecule has 2 nitrogen and oxygen atoms in total. The van der Waals surface area contributed by atoms with E-state index in [-0.39, 0.29) is 11.2 Å². The first-order valence-electron chi connectivity index (χ1n) is 3.18. The summed E-state index contributed by atoms with van der Waals surface area (Å²) in [7, 11) is 0. The zero-order valence-electron chi connectivity index (χ0n) is 5.42. The lowest BCUT2D eigenvalue weighted by molar-refractivity contribution is -0.122. The van der Waals surface area contributed by atoms with E-state index in [2.05, 4.69) is 17.9 Å². The molecule has 0 aliphatic carbocycles. The van der Waals surface area contributed by atoms with Crippen LogP contribution in [0.25, 0.3) is 0 Å². The monoisotopic (exact) mass is 145 g/mol. The number of nitrogens with one attached hydrogen (secondary N) is 1. The fourth-order valence-corrected chi connectivity index (χ4v) is 1.17. The Morgan fingerprint density at radius 2 is 2.33 bits per heavy atom. The maximum Gasteiger partial charge on any atom is 0.233 e. The molecule has 0 spiro atoms. The van der Waals surface area contributed by atoms with E-state index in [1.54, 1.807) is 0 Å². The molecule has 9 heavy (non-hydrogen) atoms. The van der Waals surface area contributed by atoms with Gasteiger partial charge in [0.15, 0.2) is 0 Å². The zero-order chi connectivity index (χ0) is 6.85. The molecule has 1 saturated heterocycles. The summed E-state index contributed by atoms with van der Waals surface area (Å²) in [5.74, 6) is 0.0806. The van der Waals surface area contributed by atoms with Crippen molar-refractivity contribution in [2.24, 2.45) is 0 Å². The number of carbonyl (C=O) groups excluding carboxylic acids is 1. The van der Waals surface area contributed by atoms with Crippen LogP contribution >= 0.6 is 12.6 Å². The first-order valence-corrected chi connectivity index (χ1v) is 3.70. The standard InChI is InChI=1S/C6H11NOS/c1-4-2-3-5(9)6(8)7-4/h4-5,9H,2-3H2,1H3,(H,7,8). The zero-order valence-corrected chi connectivity index (χ0v) is 6.32.